The van der Waals surface area contributed by atoms with Crippen LogP contribution in [-0.4, -0.2) is 68.2 Å². The molecule has 1 aromatic carbocycles. The van der Waals surface area contributed by atoms with Gasteiger partial charge in [0.25, 0.3) is 0 Å². The van der Waals surface area contributed by atoms with E-state index in [4.69, 9.17) is 9.73 Å². The van der Waals surface area contributed by atoms with Crippen molar-refractivity contribution in [2.24, 2.45) is 4.99 Å². The van der Waals surface area contributed by atoms with E-state index in [1.54, 1.807) is 12.1 Å². The smallest absolute Gasteiger partial charge is 0.194 e. The molecule has 1 aliphatic heterocycles. The number of nitrogens with zero attached hydrogens (tertiary/aromatic N) is 3. The number of nitrogens with one attached hydrogen (secondary N) is 1. The molecule has 1 aromatic rings. The summed E-state index contributed by atoms with van der Waals surface area (Å²) < 4.78 is 19.3. The van der Waals surface area contributed by atoms with Crippen molar-refractivity contribution in [2.45, 2.75) is 33.0 Å². The molecule has 1 aliphatic rings. The van der Waals surface area contributed by atoms with Gasteiger partial charge in [-0.2, -0.15) is 0 Å². The molecular weight excluding hydrogens is 446 g/mol. The molecule has 1 fully saturated rings. The van der Waals surface area contributed by atoms with Crippen molar-refractivity contribution in [3.63, 3.8) is 0 Å². The number of aliphatic imine (C=N–C) groups is 1. The van der Waals surface area contributed by atoms with Crippen LogP contribution in [0.2, 0.25) is 0 Å². The fourth-order valence-corrected chi connectivity index (χ4v) is 2.90. The number of morpholine rings is 1. The lowest BCUT2D eigenvalue weighted by atomic mass is 10.1. The monoisotopic (exact) mass is 478 g/mol. The largest absolute Gasteiger partial charge is 0.367 e. The maximum absolute atomic E-state index is 13.2. The van der Waals surface area contributed by atoms with Gasteiger partial charge in [-0.05, 0) is 45.1 Å². The minimum Gasteiger partial charge on any atom is -0.367 e. The third kappa shape index (κ3) is 7.00. The van der Waals surface area contributed by atoms with Crippen LogP contribution in [0.4, 0.5) is 4.39 Å². The normalized spacial score (nSPS) is 20.8. The Labute approximate surface area is 174 Å². The molecule has 7 heteroatoms. The standard InChI is InChI=1S/C19H31FN4O.HI/c1-5-21-19(22-11-12-23(4)6-2)24-13-15(3)25-18(14-24)16-7-9-17(20)10-8-16;/h7-10,15,18H,5-6,11-14H2,1-4H3,(H,21,22);1H. The molecule has 0 amide bonds. The fourth-order valence-electron chi connectivity index (χ4n) is 2.90. The summed E-state index contributed by atoms with van der Waals surface area (Å²) in [6.07, 6.45) is 0.0116. The van der Waals surface area contributed by atoms with Gasteiger partial charge in [0.1, 0.15) is 11.9 Å². The van der Waals surface area contributed by atoms with Gasteiger partial charge in [0.05, 0.1) is 19.2 Å². The van der Waals surface area contributed by atoms with Gasteiger partial charge in [0, 0.05) is 19.6 Å². The number of hydrogen-bond donors (Lipinski definition) is 1. The second-order valence-corrected chi connectivity index (χ2v) is 6.52. The Bertz CT molecular complexity index is 555. The first kappa shape index (κ1) is 23.1. The molecule has 2 unspecified atom stereocenters. The molecule has 1 saturated heterocycles. The minimum absolute atomic E-state index is 0. The van der Waals surface area contributed by atoms with E-state index in [1.807, 2.05) is 0 Å². The molecule has 0 aromatic heterocycles. The molecule has 2 rings (SSSR count). The molecule has 148 valence electrons. The lowest BCUT2D eigenvalue weighted by Gasteiger charge is -2.38. The summed E-state index contributed by atoms with van der Waals surface area (Å²) in [6, 6.07) is 6.58. The van der Waals surface area contributed by atoms with Gasteiger partial charge in [0.2, 0.25) is 0 Å². The Morgan fingerprint density at radius 1 is 1.31 bits per heavy atom. The SMILES string of the molecule is CCNC(=NCCN(C)CC)N1CC(C)OC(c2ccc(F)cc2)C1.I. The third-order valence-corrected chi connectivity index (χ3v) is 4.42. The topological polar surface area (TPSA) is 40.1 Å². The highest BCUT2D eigenvalue weighted by Crippen LogP contribution is 2.25. The average Bonchev–Trinajstić information content (AvgIpc) is 2.60. The first-order chi connectivity index (χ1) is 12.0. The average molecular weight is 478 g/mol. The Hall–Kier alpha value is -0.930. The molecule has 26 heavy (non-hydrogen) atoms. The second-order valence-electron chi connectivity index (χ2n) is 6.52. The van der Waals surface area contributed by atoms with Gasteiger partial charge < -0.3 is 19.9 Å². The highest BCUT2D eigenvalue weighted by Gasteiger charge is 2.28. The number of likely N-dealkylation sites (N-methyl/N-ethyl adjacent to an activating group) is 1. The Kier molecular flexibility index (Phi) is 10.4. The van der Waals surface area contributed by atoms with Gasteiger partial charge in [-0.15, -0.1) is 24.0 Å². The van der Waals surface area contributed by atoms with Crippen LogP contribution in [0.15, 0.2) is 29.3 Å². The van der Waals surface area contributed by atoms with E-state index in [0.717, 1.165) is 44.2 Å². The number of hydrogen-bond acceptors (Lipinski definition) is 3. The molecule has 1 N–H and O–H groups in total. The van der Waals surface area contributed by atoms with Crippen LogP contribution in [0.1, 0.15) is 32.4 Å². The predicted molar refractivity (Wildman–Crippen MR) is 116 cm³/mol. The highest BCUT2D eigenvalue weighted by molar-refractivity contribution is 14.0. The summed E-state index contributed by atoms with van der Waals surface area (Å²) in [5.74, 6) is 0.702. The lowest BCUT2D eigenvalue weighted by Crippen LogP contribution is -2.51. The van der Waals surface area contributed by atoms with Crippen LogP contribution in [0.5, 0.6) is 0 Å². The quantitative estimate of drug-likeness (QED) is 0.388. The van der Waals surface area contributed by atoms with E-state index in [2.05, 4.69) is 42.9 Å². The highest BCUT2D eigenvalue weighted by atomic mass is 127. The Morgan fingerprint density at radius 2 is 2.00 bits per heavy atom. The van der Waals surface area contributed by atoms with Crippen molar-refractivity contribution in [1.82, 2.24) is 15.1 Å². The van der Waals surface area contributed by atoms with Crippen LogP contribution in [0, 0.1) is 5.82 Å². The van der Waals surface area contributed by atoms with Crippen LogP contribution >= 0.6 is 24.0 Å². The summed E-state index contributed by atoms with van der Waals surface area (Å²) in [5, 5.41) is 3.39. The van der Waals surface area contributed by atoms with Crippen LogP contribution in [0.3, 0.4) is 0 Å². The van der Waals surface area contributed by atoms with E-state index in [1.165, 1.54) is 12.1 Å². The molecule has 5 nitrogen and oxygen atoms in total. The van der Waals surface area contributed by atoms with Gasteiger partial charge >= 0.3 is 0 Å². The first-order valence-electron chi connectivity index (χ1n) is 9.16. The van der Waals surface area contributed by atoms with Gasteiger partial charge in [-0.3, -0.25) is 4.99 Å². The Morgan fingerprint density at radius 3 is 2.62 bits per heavy atom. The zero-order valence-corrected chi connectivity index (χ0v) is 18.6. The second kappa shape index (κ2) is 11.7. The van der Waals surface area contributed by atoms with Crippen LogP contribution in [0.25, 0.3) is 0 Å². The van der Waals surface area contributed by atoms with Crippen LogP contribution < -0.4 is 5.32 Å². The molecular formula is C19H32FIN4O. The van der Waals surface area contributed by atoms with Crippen molar-refractivity contribution in [2.75, 3.05) is 46.3 Å². The summed E-state index contributed by atoms with van der Waals surface area (Å²) in [4.78, 5) is 9.27. The molecule has 2 atom stereocenters. The molecule has 0 spiro atoms. The summed E-state index contributed by atoms with van der Waals surface area (Å²) >= 11 is 0. The van der Waals surface area contributed by atoms with E-state index >= 15 is 0 Å². The molecule has 0 saturated carbocycles. The molecule has 0 bridgehead atoms. The Balaban J connectivity index is 0.00000338. The van der Waals surface area contributed by atoms with E-state index in [0.29, 0.717) is 6.54 Å². The maximum atomic E-state index is 13.2. The number of benzene rings is 1. The zero-order valence-electron chi connectivity index (χ0n) is 16.2. The van der Waals surface area contributed by atoms with Crippen molar-refractivity contribution in [3.8, 4) is 0 Å². The van der Waals surface area contributed by atoms with Crippen molar-refractivity contribution in [3.05, 3.63) is 35.6 Å². The minimum atomic E-state index is -0.223. The number of halogens is 2. The first-order valence-corrected chi connectivity index (χ1v) is 9.16. The summed E-state index contributed by atoms with van der Waals surface area (Å²) in [5.41, 5.74) is 1.000. The predicted octanol–water partition coefficient (Wildman–Crippen LogP) is 3.12. The summed E-state index contributed by atoms with van der Waals surface area (Å²) in [7, 11) is 2.10. The van der Waals surface area contributed by atoms with Gasteiger partial charge in [0.15, 0.2) is 5.96 Å². The van der Waals surface area contributed by atoms with Crippen molar-refractivity contribution in [1.29, 1.82) is 0 Å². The zero-order chi connectivity index (χ0) is 18.2. The fraction of sp³-hybridized carbons (Fsp3) is 0.632. The lowest BCUT2D eigenvalue weighted by molar-refractivity contribution is -0.0605. The molecule has 1 heterocycles. The van der Waals surface area contributed by atoms with Crippen LogP contribution in [-0.2, 0) is 4.74 Å². The molecule has 0 radical (unpaired) electrons. The van der Waals surface area contributed by atoms with Gasteiger partial charge in [-0.1, -0.05) is 19.1 Å². The molecule has 0 aliphatic carbocycles. The van der Waals surface area contributed by atoms with E-state index < -0.39 is 0 Å². The van der Waals surface area contributed by atoms with E-state index in [-0.39, 0.29) is 42.0 Å². The van der Waals surface area contributed by atoms with Crippen molar-refractivity contribution >= 4 is 29.9 Å². The number of rotatable bonds is 6. The van der Waals surface area contributed by atoms with E-state index in [9.17, 15) is 4.39 Å². The summed E-state index contributed by atoms with van der Waals surface area (Å²) in [6.45, 7) is 11.4. The van der Waals surface area contributed by atoms with Gasteiger partial charge in [-0.25, -0.2) is 4.39 Å². The van der Waals surface area contributed by atoms with Crippen molar-refractivity contribution < 1.29 is 9.13 Å². The maximum Gasteiger partial charge on any atom is 0.194 e. The number of guanidine groups is 1. The third-order valence-electron chi connectivity index (χ3n) is 4.42. The number of ether oxygens (including phenoxy) is 1.